The van der Waals surface area contributed by atoms with Gasteiger partial charge in [0.25, 0.3) is 0 Å². The number of anilines is 1. The molecule has 0 spiro atoms. The summed E-state index contributed by atoms with van der Waals surface area (Å²) in [5.74, 6) is -0.898. The fourth-order valence-electron chi connectivity index (χ4n) is 1.92. The molecule has 0 aliphatic heterocycles. The smallest absolute Gasteiger partial charge is 0.381 e. The van der Waals surface area contributed by atoms with E-state index >= 15 is 0 Å². The molecule has 2 aromatic carbocycles. The molecule has 0 aliphatic carbocycles. The van der Waals surface area contributed by atoms with Crippen molar-refractivity contribution < 1.29 is 17.6 Å². The Morgan fingerprint density at radius 1 is 1.10 bits per heavy atom. The fourth-order valence-corrected chi connectivity index (χ4v) is 2.17. The maximum Gasteiger partial charge on any atom is 0.416 e. The van der Waals surface area contributed by atoms with Gasteiger partial charge in [0.2, 0.25) is 0 Å². The van der Waals surface area contributed by atoms with Gasteiger partial charge in [0.05, 0.1) is 5.56 Å². The van der Waals surface area contributed by atoms with Gasteiger partial charge in [0, 0.05) is 16.7 Å². The lowest BCUT2D eigenvalue weighted by Gasteiger charge is -2.14. The van der Waals surface area contributed by atoms with Crippen molar-refractivity contribution in [1.82, 2.24) is 0 Å². The molecule has 21 heavy (non-hydrogen) atoms. The Hall–Kier alpha value is -1.56. The molecule has 0 fully saturated rings. The van der Waals surface area contributed by atoms with Crippen molar-refractivity contribution in [3.63, 3.8) is 0 Å². The molecule has 0 amide bonds. The van der Waals surface area contributed by atoms with Crippen LogP contribution in [0.2, 0.25) is 0 Å². The average molecular weight is 362 g/mol. The third kappa shape index (κ3) is 3.97. The Bertz CT molecular complexity index is 653. The Morgan fingerprint density at radius 3 is 2.43 bits per heavy atom. The SMILES string of the molecule is Cc1cc(NCc2ccc(F)cc2C(F)(F)F)ccc1Br. The monoisotopic (exact) mass is 361 g/mol. The maximum absolute atomic E-state index is 13.0. The standard InChI is InChI=1S/C15H12BrF4N/c1-9-6-12(4-5-14(9)16)21-8-10-2-3-11(17)7-13(10)15(18,19)20/h2-7,21H,8H2,1H3. The summed E-state index contributed by atoms with van der Waals surface area (Å²) in [5.41, 5.74) is 0.719. The van der Waals surface area contributed by atoms with Crippen molar-refractivity contribution in [2.24, 2.45) is 0 Å². The minimum absolute atomic E-state index is 0.00414. The summed E-state index contributed by atoms with van der Waals surface area (Å²) in [6, 6.07) is 8.08. The number of halogens is 5. The van der Waals surface area contributed by atoms with E-state index in [0.717, 1.165) is 22.2 Å². The third-order valence-corrected chi connectivity index (χ3v) is 3.91. The summed E-state index contributed by atoms with van der Waals surface area (Å²) in [7, 11) is 0. The molecule has 0 unspecified atom stereocenters. The van der Waals surface area contributed by atoms with Gasteiger partial charge in [0.15, 0.2) is 0 Å². The predicted octanol–water partition coefficient (Wildman–Crippen LogP) is 5.53. The van der Waals surface area contributed by atoms with Crippen molar-refractivity contribution in [1.29, 1.82) is 0 Å². The molecular formula is C15H12BrF4N. The zero-order valence-corrected chi connectivity index (χ0v) is 12.6. The fraction of sp³-hybridized carbons (Fsp3) is 0.200. The largest absolute Gasteiger partial charge is 0.416 e. The zero-order valence-electron chi connectivity index (χ0n) is 11.1. The summed E-state index contributed by atoms with van der Waals surface area (Å²) in [4.78, 5) is 0. The van der Waals surface area contributed by atoms with Crippen molar-refractivity contribution >= 4 is 21.6 Å². The number of aryl methyl sites for hydroxylation is 1. The van der Waals surface area contributed by atoms with Crippen LogP contribution in [0.25, 0.3) is 0 Å². The van der Waals surface area contributed by atoms with Crippen molar-refractivity contribution in [2.75, 3.05) is 5.32 Å². The molecule has 0 bridgehead atoms. The van der Waals surface area contributed by atoms with Crippen molar-refractivity contribution in [3.8, 4) is 0 Å². The molecule has 0 saturated carbocycles. The van der Waals surface area contributed by atoms with Crippen LogP contribution < -0.4 is 5.32 Å². The van der Waals surface area contributed by atoms with Gasteiger partial charge in [-0.05, 0) is 48.4 Å². The van der Waals surface area contributed by atoms with Gasteiger partial charge in [-0.1, -0.05) is 22.0 Å². The Morgan fingerprint density at radius 2 is 1.81 bits per heavy atom. The van der Waals surface area contributed by atoms with Gasteiger partial charge >= 0.3 is 6.18 Å². The number of nitrogens with one attached hydrogen (secondary N) is 1. The summed E-state index contributed by atoms with van der Waals surface area (Å²) in [5, 5.41) is 2.92. The number of alkyl halides is 3. The Balaban J connectivity index is 2.22. The highest BCUT2D eigenvalue weighted by atomic mass is 79.9. The van der Waals surface area contributed by atoms with Crippen molar-refractivity contribution in [3.05, 3.63) is 63.4 Å². The summed E-state index contributed by atoms with van der Waals surface area (Å²) < 4.78 is 52.5. The lowest BCUT2D eigenvalue weighted by atomic mass is 10.1. The van der Waals surface area contributed by atoms with Gasteiger partial charge in [-0.15, -0.1) is 0 Å². The summed E-state index contributed by atoms with van der Waals surface area (Å²) >= 11 is 3.35. The number of benzene rings is 2. The average Bonchev–Trinajstić information content (AvgIpc) is 2.40. The van der Waals surface area contributed by atoms with Crippen LogP contribution in [-0.2, 0) is 12.7 Å². The molecular weight excluding hydrogens is 350 g/mol. The highest BCUT2D eigenvalue weighted by Gasteiger charge is 2.33. The van der Waals surface area contributed by atoms with Gasteiger partial charge in [-0.25, -0.2) is 4.39 Å². The molecule has 0 radical (unpaired) electrons. The first kappa shape index (κ1) is 15.8. The molecule has 0 heterocycles. The summed E-state index contributed by atoms with van der Waals surface area (Å²) in [6.45, 7) is 1.85. The highest BCUT2D eigenvalue weighted by molar-refractivity contribution is 9.10. The van der Waals surface area contributed by atoms with E-state index in [9.17, 15) is 17.6 Å². The number of hydrogen-bond acceptors (Lipinski definition) is 1. The molecule has 2 aromatic rings. The van der Waals surface area contributed by atoms with Crippen LogP contribution in [0.15, 0.2) is 40.9 Å². The number of hydrogen-bond donors (Lipinski definition) is 1. The maximum atomic E-state index is 13.0. The second-order valence-corrected chi connectivity index (χ2v) is 5.47. The first-order chi connectivity index (χ1) is 9.77. The Labute approximate surface area is 128 Å². The second kappa shape index (κ2) is 6.05. The van der Waals surface area contributed by atoms with Gasteiger partial charge in [-0.3, -0.25) is 0 Å². The molecule has 0 aromatic heterocycles. The van der Waals surface area contributed by atoms with Crippen LogP contribution >= 0.6 is 15.9 Å². The van der Waals surface area contributed by atoms with E-state index in [1.807, 2.05) is 19.1 Å². The van der Waals surface area contributed by atoms with E-state index in [2.05, 4.69) is 21.2 Å². The van der Waals surface area contributed by atoms with E-state index in [1.165, 1.54) is 0 Å². The zero-order chi connectivity index (χ0) is 15.6. The predicted molar refractivity (Wildman–Crippen MR) is 77.6 cm³/mol. The molecule has 2 rings (SSSR count). The van der Waals surface area contributed by atoms with E-state index < -0.39 is 17.6 Å². The lowest BCUT2D eigenvalue weighted by Crippen LogP contribution is -2.12. The van der Waals surface area contributed by atoms with Crippen LogP contribution in [-0.4, -0.2) is 0 Å². The van der Waals surface area contributed by atoms with E-state index in [-0.39, 0.29) is 12.1 Å². The second-order valence-electron chi connectivity index (χ2n) is 4.62. The van der Waals surface area contributed by atoms with Gasteiger partial charge in [0.1, 0.15) is 5.82 Å². The molecule has 0 aliphatic rings. The molecule has 0 atom stereocenters. The van der Waals surface area contributed by atoms with Crippen LogP contribution in [0, 0.1) is 12.7 Å². The van der Waals surface area contributed by atoms with E-state index in [4.69, 9.17) is 0 Å². The van der Waals surface area contributed by atoms with E-state index in [0.29, 0.717) is 11.8 Å². The topological polar surface area (TPSA) is 12.0 Å². The first-order valence-corrected chi connectivity index (χ1v) is 6.92. The number of rotatable bonds is 3. The molecule has 6 heteroatoms. The van der Waals surface area contributed by atoms with Crippen molar-refractivity contribution in [2.45, 2.75) is 19.6 Å². The van der Waals surface area contributed by atoms with Crippen LogP contribution in [0.1, 0.15) is 16.7 Å². The van der Waals surface area contributed by atoms with Gasteiger partial charge in [-0.2, -0.15) is 13.2 Å². The minimum atomic E-state index is -4.57. The highest BCUT2D eigenvalue weighted by Crippen LogP contribution is 2.33. The van der Waals surface area contributed by atoms with Crippen LogP contribution in [0.4, 0.5) is 23.2 Å². The normalized spacial score (nSPS) is 11.5. The first-order valence-electron chi connectivity index (χ1n) is 6.13. The quantitative estimate of drug-likeness (QED) is 0.709. The summed E-state index contributed by atoms with van der Waals surface area (Å²) in [6.07, 6.45) is -4.57. The minimum Gasteiger partial charge on any atom is -0.381 e. The molecule has 112 valence electrons. The molecule has 1 nitrogen and oxygen atoms in total. The van der Waals surface area contributed by atoms with Gasteiger partial charge < -0.3 is 5.32 Å². The molecule has 0 saturated heterocycles. The Kier molecular flexibility index (Phi) is 4.56. The van der Waals surface area contributed by atoms with E-state index in [1.54, 1.807) is 6.07 Å². The molecule has 1 N–H and O–H groups in total. The third-order valence-electron chi connectivity index (χ3n) is 3.02. The lowest BCUT2D eigenvalue weighted by molar-refractivity contribution is -0.138. The van der Waals surface area contributed by atoms with Crippen LogP contribution in [0.5, 0.6) is 0 Å². The van der Waals surface area contributed by atoms with Crippen LogP contribution in [0.3, 0.4) is 0 Å².